The first-order valence-corrected chi connectivity index (χ1v) is 7.96. The summed E-state index contributed by atoms with van der Waals surface area (Å²) in [4.78, 5) is 4.11. The predicted molar refractivity (Wildman–Crippen MR) is 80.7 cm³/mol. The Morgan fingerprint density at radius 1 is 1.24 bits per heavy atom. The number of hydrogen-bond acceptors (Lipinski definition) is 4. The molecule has 0 bridgehead atoms. The Kier molecular flexibility index (Phi) is 4.59. The van der Waals surface area contributed by atoms with Gasteiger partial charge in [-0.1, -0.05) is 6.07 Å². The lowest BCUT2D eigenvalue weighted by atomic mass is 10.1. The first-order valence-electron chi connectivity index (χ1n) is 6.48. The highest BCUT2D eigenvalue weighted by atomic mass is 32.2. The number of methoxy groups -OCH3 is 1. The zero-order chi connectivity index (χ0) is 15.5. The fourth-order valence-electron chi connectivity index (χ4n) is 1.89. The van der Waals surface area contributed by atoms with Crippen LogP contribution in [0.3, 0.4) is 0 Å². The molecule has 0 saturated heterocycles. The van der Waals surface area contributed by atoms with Crippen molar-refractivity contribution in [1.82, 2.24) is 9.71 Å². The zero-order valence-electron chi connectivity index (χ0n) is 12.3. The molecule has 0 spiro atoms. The second-order valence-corrected chi connectivity index (χ2v) is 6.51. The number of nitrogens with zero attached hydrogens (tertiary/aromatic N) is 1. The molecule has 21 heavy (non-hydrogen) atoms. The van der Waals surface area contributed by atoms with Crippen molar-refractivity contribution < 1.29 is 13.2 Å². The number of rotatable bonds is 5. The SMILES string of the molecule is COc1cc(C)c(C)cc1S(=O)(=O)NCc1cccnc1. The van der Waals surface area contributed by atoms with Crippen molar-refractivity contribution in [3.05, 3.63) is 53.3 Å². The summed E-state index contributed by atoms with van der Waals surface area (Å²) in [5.41, 5.74) is 2.68. The van der Waals surface area contributed by atoms with E-state index in [1.165, 1.54) is 7.11 Å². The smallest absolute Gasteiger partial charge is 0.244 e. The number of hydrogen-bond donors (Lipinski definition) is 1. The summed E-state index contributed by atoms with van der Waals surface area (Å²) in [6.07, 6.45) is 3.27. The first kappa shape index (κ1) is 15.5. The summed E-state index contributed by atoms with van der Waals surface area (Å²) in [7, 11) is -2.18. The monoisotopic (exact) mass is 306 g/mol. The maximum Gasteiger partial charge on any atom is 0.244 e. The first-order chi connectivity index (χ1) is 9.94. The van der Waals surface area contributed by atoms with Gasteiger partial charge in [0, 0.05) is 18.9 Å². The number of aryl methyl sites for hydroxylation is 2. The van der Waals surface area contributed by atoms with Crippen LogP contribution in [-0.2, 0) is 16.6 Å². The molecular formula is C15H18N2O3S. The van der Waals surface area contributed by atoms with Crippen molar-refractivity contribution in [3.63, 3.8) is 0 Å². The van der Waals surface area contributed by atoms with Crippen LogP contribution in [0.15, 0.2) is 41.6 Å². The van der Waals surface area contributed by atoms with Crippen LogP contribution >= 0.6 is 0 Å². The van der Waals surface area contributed by atoms with Gasteiger partial charge in [0.05, 0.1) is 7.11 Å². The summed E-state index contributed by atoms with van der Waals surface area (Å²) in [6, 6.07) is 6.93. The molecule has 1 aromatic heterocycles. The molecule has 2 rings (SSSR count). The van der Waals surface area contributed by atoms with Gasteiger partial charge in [-0.2, -0.15) is 0 Å². The average Bonchev–Trinajstić information content (AvgIpc) is 2.48. The Labute approximate surface area is 125 Å². The Morgan fingerprint density at radius 2 is 1.95 bits per heavy atom. The highest BCUT2D eigenvalue weighted by molar-refractivity contribution is 7.89. The number of benzene rings is 1. The fourth-order valence-corrected chi connectivity index (χ4v) is 3.14. The summed E-state index contributed by atoms with van der Waals surface area (Å²) >= 11 is 0. The molecule has 2 aromatic rings. The molecule has 112 valence electrons. The van der Waals surface area contributed by atoms with Gasteiger partial charge in [0.25, 0.3) is 0 Å². The lowest BCUT2D eigenvalue weighted by Gasteiger charge is -2.13. The van der Waals surface area contributed by atoms with Gasteiger partial charge in [-0.25, -0.2) is 13.1 Å². The lowest BCUT2D eigenvalue weighted by Crippen LogP contribution is -2.24. The van der Waals surface area contributed by atoms with E-state index in [2.05, 4.69) is 9.71 Å². The summed E-state index contributed by atoms with van der Waals surface area (Å²) in [5, 5.41) is 0. The van der Waals surface area contributed by atoms with Gasteiger partial charge in [-0.15, -0.1) is 0 Å². The maximum absolute atomic E-state index is 12.4. The van der Waals surface area contributed by atoms with Crippen LogP contribution in [0.4, 0.5) is 0 Å². The minimum absolute atomic E-state index is 0.150. The van der Waals surface area contributed by atoms with Gasteiger partial charge in [-0.05, 0) is 48.7 Å². The van der Waals surface area contributed by atoms with Crippen molar-refractivity contribution in [3.8, 4) is 5.75 Å². The van der Waals surface area contributed by atoms with Crippen molar-refractivity contribution in [1.29, 1.82) is 0 Å². The van der Waals surface area contributed by atoms with Gasteiger partial charge in [0.1, 0.15) is 10.6 Å². The number of nitrogens with one attached hydrogen (secondary N) is 1. The van der Waals surface area contributed by atoms with Crippen molar-refractivity contribution >= 4 is 10.0 Å². The van der Waals surface area contributed by atoms with E-state index in [1.807, 2.05) is 19.9 Å². The third-order valence-electron chi connectivity index (χ3n) is 3.26. The van der Waals surface area contributed by atoms with Crippen molar-refractivity contribution in [2.45, 2.75) is 25.3 Å². The van der Waals surface area contributed by atoms with Gasteiger partial charge in [0.15, 0.2) is 0 Å². The molecule has 0 fully saturated rings. The average molecular weight is 306 g/mol. The standard InChI is InChI=1S/C15H18N2O3S/c1-11-7-14(20-3)15(8-12(11)2)21(18,19)17-10-13-5-4-6-16-9-13/h4-9,17H,10H2,1-3H3. The lowest BCUT2D eigenvalue weighted by molar-refractivity contribution is 0.401. The molecular weight excluding hydrogens is 288 g/mol. The minimum atomic E-state index is -3.64. The summed E-state index contributed by atoms with van der Waals surface area (Å²) in [5.74, 6) is 0.344. The molecule has 1 heterocycles. The molecule has 0 radical (unpaired) electrons. The predicted octanol–water partition coefficient (Wildman–Crippen LogP) is 2.19. The van der Waals surface area contributed by atoms with Gasteiger partial charge < -0.3 is 4.74 Å². The van der Waals surface area contributed by atoms with Gasteiger partial charge >= 0.3 is 0 Å². The molecule has 0 atom stereocenters. The van der Waals surface area contributed by atoms with Crippen LogP contribution in [-0.4, -0.2) is 20.5 Å². The molecule has 6 heteroatoms. The largest absolute Gasteiger partial charge is 0.495 e. The molecule has 1 N–H and O–H groups in total. The van der Waals surface area contributed by atoms with Crippen LogP contribution < -0.4 is 9.46 Å². The van der Waals surface area contributed by atoms with E-state index in [0.717, 1.165) is 16.7 Å². The second kappa shape index (κ2) is 6.24. The van der Waals surface area contributed by atoms with Crippen LogP contribution in [0.1, 0.15) is 16.7 Å². The van der Waals surface area contributed by atoms with Crippen LogP contribution in [0, 0.1) is 13.8 Å². The highest BCUT2D eigenvalue weighted by Gasteiger charge is 2.20. The zero-order valence-corrected chi connectivity index (χ0v) is 13.1. The maximum atomic E-state index is 12.4. The number of sulfonamides is 1. The van der Waals surface area contributed by atoms with E-state index in [0.29, 0.717) is 5.75 Å². The molecule has 0 saturated carbocycles. The molecule has 5 nitrogen and oxygen atoms in total. The second-order valence-electron chi connectivity index (χ2n) is 4.77. The van der Waals surface area contributed by atoms with E-state index >= 15 is 0 Å². The number of pyridine rings is 1. The number of ether oxygens (including phenoxy) is 1. The Hall–Kier alpha value is -1.92. The fraction of sp³-hybridized carbons (Fsp3) is 0.267. The topological polar surface area (TPSA) is 68.3 Å². The van der Waals surface area contributed by atoms with E-state index < -0.39 is 10.0 Å². The minimum Gasteiger partial charge on any atom is -0.495 e. The van der Waals surface area contributed by atoms with E-state index in [4.69, 9.17) is 4.74 Å². The quantitative estimate of drug-likeness (QED) is 0.919. The molecule has 0 amide bonds. The Bertz CT molecular complexity index is 728. The molecule has 0 aliphatic heterocycles. The highest BCUT2D eigenvalue weighted by Crippen LogP contribution is 2.27. The third-order valence-corrected chi connectivity index (χ3v) is 4.68. The summed E-state index contributed by atoms with van der Waals surface area (Å²) in [6.45, 7) is 3.97. The van der Waals surface area contributed by atoms with Crippen molar-refractivity contribution in [2.24, 2.45) is 0 Å². The molecule has 0 unspecified atom stereocenters. The number of aromatic nitrogens is 1. The molecule has 0 aliphatic rings. The van der Waals surface area contributed by atoms with Crippen LogP contribution in [0.25, 0.3) is 0 Å². The van der Waals surface area contributed by atoms with E-state index in [-0.39, 0.29) is 11.4 Å². The Balaban J connectivity index is 2.29. The van der Waals surface area contributed by atoms with Crippen LogP contribution in [0.5, 0.6) is 5.75 Å². The van der Waals surface area contributed by atoms with Gasteiger partial charge in [-0.3, -0.25) is 4.98 Å². The Morgan fingerprint density at radius 3 is 2.57 bits per heavy atom. The van der Waals surface area contributed by atoms with Crippen LogP contribution in [0.2, 0.25) is 0 Å². The molecule has 0 aliphatic carbocycles. The van der Waals surface area contributed by atoms with E-state index in [1.54, 1.807) is 30.6 Å². The van der Waals surface area contributed by atoms with Gasteiger partial charge in [0.2, 0.25) is 10.0 Å². The summed E-state index contributed by atoms with van der Waals surface area (Å²) < 4.78 is 32.6. The van der Waals surface area contributed by atoms with Crippen molar-refractivity contribution in [2.75, 3.05) is 7.11 Å². The molecule has 1 aromatic carbocycles. The van der Waals surface area contributed by atoms with E-state index in [9.17, 15) is 8.42 Å². The normalized spacial score (nSPS) is 11.4. The third kappa shape index (κ3) is 3.59.